The first-order valence-corrected chi connectivity index (χ1v) is 7.25. The number of nitrogens with one attached hydrogen (secondary N) is 1. The highest BCUT2D eigenvalue weighted by Crippen LogP contribution is 2.28. The standard InChI is InChI=1S/C15H24N2O3/c1-4-7-13(16-5-2)10-12-8-9-14(17(18)19)15(11-12)20-6-3/h8-9,11,13,16H,4-7,10H2,1-3H3. The van der Waals surface area contributed by atoms with E-state index in [9.17, 15) is 10.1 Å². The molecule has 0 aliphatic heterocycles. The third-order valence-electron chi connectivity index (χ3n) is 3.13. The van der Waals surface area contributed by atoms with Crippen LogP contribution in [0.1, 0.15) is 39.2 Å². The normalized spacial score (nSPS) is 12.2. The predicted molar refractivity (Wildman–Crippen MR) is 80.3 cm³/mol. The number of nitro groups is 1. The number of nitrogens with zero attached hydrogens (tertiary/aromatic N) is 1. The lowest BCUT2D eigenvalue weighted by Crippen LogP contribution is -2.30. The minimum atomic E-state index is -0.400. The van der Waals surface area contributed by atoms with E-state index in [0.717, 1.165) is 31.4 Å². The SMILES string of the molecule is CCCC(Cc1ccc([N+](=O)[O-])c(OCC)c1)NCC. The molecular formula is C15H24N2O3. The Morgan fingerprint density at radius 1 is 1.35 bits per heavy atom. The minimum absolute atomic E-state index is 0.0334. The number of ether oxygens (including phenoxy) is 1. The molecule has 1 unspecified atom stereocenters. The quantitative estimate of drug-likeness (QED) is 0.556. The number of benzene rings is 1. The second-order valence-electron chi connectivity index (χ2n) is 4.74. The molecule has 0 bridgehead atoms. The highest BCUT2D eigenvalue weighted by molar-refractivity contribution is 5.48. The Bertz CT molecular complexity index is 429. The molecule has 112 valence electrons. The zero-order chi connectivity index (χ0) is 15.0. The third kappa shape index (κ3) is 4.81. The molecule has 5 nitrogen and oxygen atoms in total. The van der Waals surface area contributed by atoms with Gasteiger partial charge in [0.05, 0.1) is 11.5 Å². The van der Waals surface area contributed by atoms with Gasteiger partial charge >= 0.3 is 5.69 Å². The summed E-state index contributed by atoms with van der Waals surface area (Å²) in [6.07, 6.45) is 3.07. The van der Waals surface area contributed by atoms with Gasteiger partial charge in [0.25, 0.3) is 0 Å². The number of rotatable bonds is 9. The molecule has 1 aromatic carbocycles. The molecule has 20 heavy (non-hydrogen) atoms. The van der Waals surface area contributed by atoms with Gasteiger partial charge in [-0.05, 0) is 37.9 Å². The summed E-state index contributed by atoms with van der Waals surface area (Å²) in [5, 5.41) is 14.4. The molecule has 1 rings (SSSR count). The van der Waals surface area contributed by atoms with Crippen molar-refractivity contribution in [1.29, 1.82) is 0 Å². The molecule has 0 amide bonds. The Hall–Kier alpha value is -1.62. The highest BCUT2D eigenvalue weighted by Gasteiger charge is 2.16. The van der Waals surface area contributed by atoms with E-state index in [2.05, 4.69) is 19.2 Å². The van der Waals surface area contributed by atoms with Crippen molar-refractivity contribution in [2.24, 2.45) is 0 Å². The van der Waals surface area contributed by atoms with E-state index in [1.54, 1.807) is 6.07 Å². The van der Waals surface area contributed by atoms with Crippen LogP contribution in [0.5, 0.6) is 5.75 Å². The van der Waals surface area contributed by atoms with Gasteiger partial charge in [-0.15, -0.1) is 0 Å². The lowest BCUT2D eigenvalue weighted by atomic mass is 10.0. The molecule has 0 spiro atoms. The fourth-order valence-corrected chi connectivity index (χ4v) is 2.31. The Morgan fingerprint density at radius 2 is 2.10 bits per heavy atom. The van der Waals surface area contributed by atoms with Gasteiger partial charge < -0.3 is 10.1 Å². The molecule has 0 aliphatic rings. The topological polar surface area (TPSA) is 64.4 Å². The van der Waals surface area contributed by atoms with Crippen molar-refractivity contribution in [3.05, 3.63) is 33.9 Å². The summed E-state index contributed by atoms with van der Waals surface area (Å²) < 4.78 is 5.38. The van der Waals surface area contributed by atoms with Crippen molar-refractivity contribution in [3.63, 3.8) is 0 Å². The van der Waals surface area contributed by atoms with Crippen molar-refractivity contribution < 1.29 is 9.66 Å². The van der Waals surface area contributed by atoms with E-state index in [1.807, 2.05) is 13.0 Å². The zero-order valence-electron chi connectivity index (χ0n) is 12.5. The maximum Gasteiger partial charge on any atom is 0.310 e. The van der Waals surface area contributed by atoms with Crippen molar-refractivity contribution in [2.75, 3.05) is 13.2 Å². The minimum Gasteiger partial charge on any atom is -0.487 e. The number of likely N-dealkylation sites (N-methyl/N-ethyl adjacent to an activating group) is 1. The largest absolute Gasteiger partial charge is 0.487 e. The molecule has 1 aromatic rings. The number of nitro benzene ring substituents is 1. The monoisotopic (exact) mass is 280 g/mol. The van der Waals surface area contributed by atoms with Crippen LogP contribution in [0.15, 0.2) is 18.2 Å². The summed E-state index contributed by atoms with van der Waals surface area (Å²) >= 11 is 0. The summed E-state index contributed by atoms with van der Waals surface area (Å²) in [7, 11) is 0. The molecule has 5 heteroatoms. The average Bonchev–Trinajstić information content (AvgIpc) is 2.39. The van der Waals surface area contributed by atoms with Crippen LogP contribution in [0.25, 0.3) is 0 Å². The molecule has 1 atom stereocenters. The summed E-state index contributed by atoms with van der Waals surface area (Å²) in [5.41, 5.74) is 1.10. The van der Waals surface area contributed by atoms with Gasteiger partial charge in [-0.3, -0.25) is 10.1 Å². The highest BCUT2D eigenvalue weighted by atomic mass is 16.6. The van der Waals surface area contributed by atoms with E-state index in [0.29, 0.717) is 18.4 Å². The smallest absolute Gasteiger partial charge is 0.310 e. The second kappa shape index (κ2) is 8.53. The Labute approximate surface area is 120 Å². The Balaban J connectivity index is 2.89. The maximum absolute atomic E-state index is 10.9. The fraction of sp³-hybridized carbons (Fsp3) is 0.600. The molecule has 0 aromatic heterocycles. The molecule has 0 saturated carbocycles. The van der Waals surface area contributed by atoms with Crippen LogP contribution in [0.2, 0.25) is 0 Å². The second-order valence-corrected chi connectivity index (χ2v) is 4.74. The van der Waals surface area contributed by atoms with E-state index in [1.165, 1.54) is 6.07 Å². The van der Waals surface area contributed by atoms with Crippen LogP contribution in [0.3, 0.4) is 0 Å². The first-order valence-electron chi connectivity index (χ1n) is 7.25. The fourth-order valence-electron chi connectivity index (χ4n) is 2.31. The van der Waals surface area contributed by atoms with Crippen LogP contribution in [0.4, 0.5) is 5.69 Å². The molecule has 0 heterocycles. The Morgan fingerprint density at radius 3 is 2.65 bits per heavy atom. The Kier molecular flexibility index (Phi) is 7.01. The van der Waals surface area contributed by atoms with Gasteiger partial charge in [-0.1, -0.05) is 26.3 Å². The van der Waals surface area contributed by atoms with E-state index < -0.39 is 4.92 Å². The lowest BCUT2D eigenvalue weighted by Gasteiger charge is -2.17. The molecule has 0 fully saturated rings. The number of hydrogen-bond acceptors (Lipinski definition) is 4. The van der Waals surface area contributed by atoms with Crippen molar-refractivity contribution >= 4 is 5.69 Å². The first-order chi connectivity index (χ1) is 9.62. The first kappa shape index (κ1) is 16.4. The van der Waals surface area contributed by atoms with Crippen LogP contribution >= 0.6 is 0 Å². The average molecular weight is 280 g/mol. The van der Waals surface area contributed by atoms with Gasteiger partial charge in [0.15, 0.2) is 5.75 Å². The van der Waals surface area contributed by atoms with Crippen LogP contribution in [0, 0.1) is 10.1 Å². The molecular weight excluding hydrogens is 256 g/mol. The van der Waals surface area contributed by atoms with E-state index in [-0.39, 0.29) is 5.69 Å². The summed E-state index contributed by atoms with van der Waals surface area (Å²) in [6, 6.07) is 5.55. The van der Waals surface area contributed by atoms with Gasteiger partial charge in [-0.2, -0.15) is 0 Å². The maximum atomic E-state index is 10.9. The summed E-state index contributed by atoms with van der Waals surface area (Å²) in [6.45, 7) is 7.43. The third-order valence-corrected chi connectivity index (χ3v) is 3.13. The van der Waals surface area contributed by atoms with Gasteiger partial charge in [0.2, 0.25) is 0 Å². The van der Waals surface area contributed by atoms with Crippen molar-refractivity contribution in [1.82, 2.24) is 5.32 Å². The number of hydrogen-bond donors (Lipinski definition) is 1. The summed E-state index contributed by atoms with van der Waals surface area (Å²) in [5.74, 6) is 0.363. The van der Waals surface area contributed by atoms with Crippen LogP contribution in [-0.4, -0.2) is 24.1 Å². The van der Waals surface area contributed by atoms with Crippen molar-refractivity contribution in [2.45, 2.75) is 46.1 Å². The molecule has 1 N–H and O–H groups in total. The van der Waals surface area contributed by atoms with E-state index >= 15 is 0 Å². The molecule has 0 radical (unpaired) electrons. The van der Waals surface area contributed by atoms with Gasteiger partial charge in [0, 0.05) is 12.1 Å². The molecule has 0 aliphatic carbocycles. The lowest BCUT2D eigenvalue weighted by molar-refractivity contribution is -0.385. The van der Waals surface area contributed by atoms with Gasteiger partial charge in [-0.25, -0.2) is 0 Å². The predicted octanol–water partition coefficient (Wildman–Crippen LogP) is 3.31. The van der Waals surface area contributed by atoms with Crippen molar-refractivity contribution in [3.8, 4) is 5.75 Å². The summed E-state index contributed by atoms with van der Waals surface area (Å²) in [4.78, 5) is 10.5. The van der Waals surface area contributed by atoms with Crippen LogP contribution < -0.4 is 10.1 Å². The van der Waals surface area contributed by atoms with Gasteiger partial charge in [0.1, 0.15) is 0 Å². The van der Waals surface area contributed by atoms with E-state index in [4.69, 9.17) is 4.74 Å². The van der Waals surface area contributed by atoms with Crippen LogP contribution in [-0.2, 0) is 6.42 Å². The molecule has 0 saturated heterocycles. The zero-order valence-corrected chi connectivity index (χ0v) is 12.5.